The number of hydrogen-bond donors (Lipinski definition) is 1. The van der Waals surface area contributed by atoms with Crippen LogP contribution in [0.5, 0.6) is 0 Å². The highest BCUT2D eigenvalue weighted by molar-refractivity contribution is 6.09. The quantitative estimate of drug-likeness (QED) is 0.865. The SMILES string of the molecule is NC(=O)C(N=O)C1C=CC(c2ccc(C(F)(F)F)cc2)=NC1. The Labute approximate surface area is 123 Å². The van der Waals surface area contributed by atoms with Crippen LogP contribution in [0.15, 0.2) is 46.6 Å². The second-order valence-corrected chi connectivity index (χ2v) is 4.78. The molecule has 0 saturated heterocycles. The highest BCUT2D eigenvalue weighted by atomic mass is 19.4. The number of allylic oxidation sites excluding steroid dienone is 1. The third-order valence-corrected chi connectivity index (χ3v) is 3.29. The molecule has 1 aliphatic rings. The number of rotatable bonds is 4. The second kappa shape index (κ2) is 6.08. The Kier molecular flexibility index (Phi) is 4.39. The van der Waals surface area contributed by atoms with Gasteiger partial charge in [-0.1, -0.05) is 23.4 Å². The number of nitrogens with zero attached hydrogens (tertiary/aromatic N) is 2. The first-order valence-corrected chi connectivity index (χ1v) is 6.35. The first-order valence-electron chi connectivity index (χ1n) is 6.35. The number of amides is 1. The Morgan fingerprint density at radius 1 is 1.32 bits per heavy atom. The van der Waals surface area contributed by atoms with E-state index in [-0.39, 0.29) is 6.54 Å². The van der Waals surface area contributed by atoms with E-state index in [9.17, 15) is 22.9 Å². The average Bonchev–Trinajstić information content (AvgIpc) is 2.47. The van der Waals surface area contributed by atoms with Gasteiger partial charge in [-0.3, -0.25) is 9.79 Å². The molecule has 2 unspecified atom stereocenters. The molecule has 8 heteroatoms. The normalized spacial score (nSPS) is 19.4. The Morgan fingerprint density at radius 3 is 2.36 bits per heavy atom. The monoisotopic (exact) mass is 311 g/mol. The maximum Gasteiger partial charge on any atom is 0.416 e. The summed E-state index contributed by atoms with van der Waals surface area (Å²) in [5.74, 6) is -1.37. The van der Waals surface area contributed by atoms with Gasteiger partial charge in [0.15, 0.2) is 6.04 Å². The van der Waals surface area contributed by atoms with Crippen molar-refractivity contribution in [2.45, 2.75) is 12.2 Å². The summed E-state index contributed by atoms with van der Waals surface area (Å²) in [6.45, 7) is 0.117. The molecule has 0 spiro atoms. The number of nitroso groups, excluding NO2 is 1. The van der Waals surface area contributed by atoms with Gasteiger partial charge in [-0.2, -0.15) is 13.2 Å². The Morgan fingerprint density at radius 2 is 1.95 bits per heavy atom. The van der Waals surface area contributed by atoms with E-state index in [1.807, 2.05) is 0 Å². The standard InChI is InChI=1S/C14H12F3N3O2/c15-14(16,17)10-4-1-8(2-5-10)11-6-3-9(7-19-11)12(20-22)13(18)21/h1-6,9,12H,7H2,(H2,18,21). The number of carbonyl (C=O) groups is 1. The van der Waals surface area contributed by atoms with Gasteiger partial charge in [-0.15, -0.1) is 4.91 Å². The summed E-state index contributed by atoms with van der Waals surface area (Å²) in [6.07, 6.45) is -1.28. The maximum atomic E-state index is 12.5. The molecule has 1 aromatic carbocycles. The predicted octanol–water partition coefficient (Wildman–Crippen LogP) is 2.30. The fraction of sp³-hybridized carbons (Fsp3) is 0.286. The molecule has 2 atom stereocenters. The van der Waals surface area contributed by atoms with Crippen molar-refractivity contribution in [3.05, 3.63) is 52.5 Å². The van der Waals surface area contributed by atoms with Crippen molar-refractivity contribution >= 4 is 11.6 Å². The molecule has 1 aliphatic heterocycles. The number of halogens is 3. The van der Waals surface area contributed by atoms with Gasteiger partial charge in [0.25, 0.3) is 0 Å². The van der Waals surface area contributed by atoms with Crippen molar-refractivity contribution in [3.63, 3.8) is 0 Å². The lowest BCUT2D eigenvalue weighted by Gasteiger charge is -2.18. The van der Waals surface area contributed by atoms with Crippen LogP contribution in [0.4, 0.5) is 13.2 Å². The van der Waals surface area contributed by atoms with Gasteiger partial charge in [-0.05, 0) is 23.8 Å². The van der Waals surface area contributed by atoms with Crippen LogP contribution in [0.1, 0.15) is 11.1 Å². The van der Waals surface area contributed by atoms with Crippen LogP contribution < -0.4 is 5.73 Å². The average molecular weight is 311 g/mol. The summed E-state index contributed by atoms with van der Waals surface area (Å²) in [4.78, 5) is 25.8. The Bertz CT molecular complexity index is 636. The van der Waals surface area contributed by atoms with Crippen molar-refractivity contribution in [2.24, 2.45) is 21.8 Å². The van der Waals surface area contributed by atoms with E-state index in [1.165, 1.54) is 18.2 Å². The number of carbonyl (C=O) groups excluding carboxylic acids is 1. The van der Waals surface area contributed by atoms with Crippen LogP contribution in [0, 0.1) is 10.8 Å². The smallest absolute Gasteiger partial charge is 0.368 e. The van der Waals surface area contributed by atoms with Crippen LogP contribution in [0.25, 0.3) is 0 Å². The number of aliphatic imine (C=N–C) groups is 1. The van der Waals surface area contributed by atoms with Gasteiger partial charge in [0.05, 0.1) is 11.3 Å². The summed E-state index contributed by atoms with van der Waals surface area (Å²) < 4.78 is 37.5. The molecule has 0 saturated carbocycles. The summed E-state index contributed by atoms with van der Waals surface area (Å²) in [5, 5.41) is 2.68. The molecular weight excluding hydrogens is 299 g/mol. The van der Waals surface area contributed by atoms with Crippen LogP contribution >= 0.6 is 0 Å². The summed E-state index contributed by atoms with van der Waals surface area (Å²) >= 11 is 0. The first kappa shape index (κ1) is 15.9. The van der Waals surface area contributed by atoms with Crippen molar-refractivity contribution in [2.75, 3.05) is 6.54 Å². The zero-order valence-electron chi connectivity index (χ0n) is 11.2. The zero-order chi connectivity index (χ0) is 16.3. The number of hydrogen-bond acceptors (Lipinski definition) is 4. The highest BCUT2D eigenvalue weighted by Gasteiger charge is 2.30. The molecule has 2 rings (SSSR count). The van der Waals surface area contributed by atoms with E-state index in [1.54, 1.807) is 6.08 Å². The van der Waals surface area contributed by atoms with E-state index in [0.717, 1.165) is 12.1 Å². The van der Waals surface area contributed by atoms with Gasteiger partial charge in [-0.25, -0.2) is 0 Å². The van der Waals surface area contributed by atoms with Crippen LogP contribution in [-0.2, 0) is 11.0 Å². The maximum absolute atomic E-state index is 12.5. The summed E-state index contributed by atoms with van der Waals surface area (Å²) in [5.41, 5.74) is 5.30. The third kappa shape index (κ3) is 3.38. The third-order valence-electron chi connectivity index (χ3n) is 3.29. The molecule has 22 heavy (non-hydrogen) atoms. The molecule has 1 heterocycles. The number of dihydropyridines is 1. The lowest BCUT2D eigenvalue weighted by molar-refractivity contribution is -0.137. The van der Waals surface area contributed by atoms with Crippen molar-refractivity contribution in [1.82, 2.24) is 0 Å². The molecule has 0 aromatic heterocycles. The molecule has 2 N–H and O–H groups in total. The van der Waals surface area contributed by atoms with E-state index in [0.29, 0.717) is 11.3 Å². The molecule has 5 nitrogen and oxygen atoms in total. The first-order chi connectivity index (χ1) is 10.3. The topological polar surface area (TPSA) is 84.9 Å². The summed E-state index contributed by atoms with van der Waals surface area (Å²) in [7, 11) is 0. The van der Waals surface area contributed by atoms with Crippen molar-refractivity contribution in [1.29, 1.82) is 0 Å². The number of alkyl halides is 3. The number of nitrogens with two attached hydrogens (primary N) is 1. The largest absolute Gasteiger partial charge is 0.416 e. The van der Waals surface area contributed by atoms with Crippen molar-refractivity contribution < 1.29 is 18.0 Å². The minimum atomic E-state index is -4.39. The molecule has 0 bridgehead atoms. The lowest BCUT2D eigenvalue weighted by Crippen LogP contribution is -2.35. The molecule has 0 radical (unpaired) electrons. The molecular formula is C14H12F3N3O2. The minimum Gasteiger partial charge on any atom is -0.368 e. The van der Waals surface area contributed by atoms with Crippen LogP contribution in [0.3, 0.4) is 0 Å². The fourth-order valence-electron chi connectivity index (χ4n) is 2.10. The number of benzene rings is 1. The van der Waals surface area contributed by atoms with Gasteiger partial charge < -0.3 is 5.73 Å². The molecule has 0 fully saturated rings. The molecule has 1 aromatic rings. The zero-order valence-corrected chi connectivity index (χ0v) is 11.2. The van der Waals surface area contributed by atoms with E-state index >= 15 is 0 Å². The predicted molar refractivity (Wildman–Crippen MR) is 74.3 cm³/mol. The van der Waals surface area contributed by atoms with Crippen LogP contribution in [-0.4, -0.2) is 24.2 Å². The van der Waals surface area contributed by atoms with E-state index in [4.69, 9.17) is 5.73 Å². The Balaban J connectivity index is 2.13. The van der Waals surface area contributed by atoms with Gasteiger partial charge >= 0.3 is 6.18 Å². The lowest BCUT2D eigenvalue weighted by atomic mass is 9.95. The minimum absolute atomic E-state index is 0.117. The molecule has 116 valence electrons. The Hall–Kier alpha value is -2.51. The fourth-order valence-corrected chi connectivity index (χ4v) is 2.10. The van der Waals surface area contributed by atoms with Gasteiger partial charge in [0.1, 0.15) is 0 Å². The molecule has 1 amide bonds. The van der Waals surface area contributed by atoms with Crippen molar-refractivity contribution in [3.8, 4) is 0 Å². The second-order valence-electron chi connectivity index (χ2n) is 4.78. The summed E-state index contributed by atoms with van der Waals surface area (Å²) in [6, 6.07) is 3.37. The number of primary amides is 1. The molecule has 0 aliphatic carbocycles. The van der Waals surface area contributed by atoms with Gasteiger partial charge in [0, 0.05) is 12.5 Å². The highest BCUT2D eigenvalue weighted by Crippen LogP contribution is 2.29. The van der Waals surface area contributed by atoms with E-state index < -0.39 is 29.6 Å². The van der Waals surface area contributed by atoms with Crippen LogP contribution in [0.2, 0.25) is 0 Å². The van der Waals surface area contributed by atoms with Gasteiger partial charge in [0.2, 0.25) is 5.91 Å². The van der Waals surface area contributed by atoms with E-state index in [2.05, 4.69) is 10.2 Å².